The Kier molecular flexibility index (Phi) is 5.94. The number of amides is 1. The van der Waals surface area contributed by atoms with Crippen molar-refractivity contribution in [3.63, 3.8) is 0 Å². The van der Waals surface area contributed by atoms with Crippen LogP contribution in [0, 0.1) is 6.92 Å². The summed E-state index contributed by atoms with van der Waals surface area (Å²) in [6, 6.07) is 8.42. The molecule has 1 fully saturated rings. The number of aromatic nitrogens is 1. The van der Waals surface area contributed by atoms with Crippen LogP contribution in [-0.4, -0.2) is 59.5 Å². The number of hydrogen-bond donors (Lipinski definition) is 0. The molecule has 0 bridgehead atoms. The zero-order valence-corrected chi connectivity index (χ0v) is 16.8. The van der Waals surface area contributed by atoms with E-state index in [0.717, 1.165) is 53.1 Å². The van der Waals surface area contributed by atoms with Gasteiger partial charge < -0.3 is 9.64 Å². The molecular formula is C20H27N3O2S. The molecule has 1 amide bonds. The first-order chi connectivity index (χ1) is 12.5. The molecule has 1 aromatic heterocycles. The molecular weight excluding hydrogens is 346 g/mol. The van der Waals surface area contributed by atoms with Crippen LogP contribution in [0.3, 0.4) is 0 Å². The molecule has 6 heteroatoms. The Balaban J connectivity index is 1.72. The Morgan fingerprint density at radius 3 is 2.42 bits per heavy atom. The summed E-state index contributed by atoms with van der Waals surface area (Å²) in [4.78, 5) is 22.7. The predicted octanol–water partition coefficient (Wildman–Crippen LogP) is 3.68. The van der Waals surface area contributed by atoms with E-state index in [-0.39, 0.29) is 5.91 Å². The van der Waals surface area contributed by atoms with Gasteiger partial charge in [-0.05, 0) is 52.0 Å². The Morgan fingerprint density at radius 2 is 1.85 bits per heavy atom. The highest BCUT2D eigenvalue weighted by Crippen LogP contribution is 2.30. The Hall–Kier alpha value is -1.92. The highest BCUT2D eigenvalue weighted by atomic mass is 32.1. The predicted molar refractivity (Wildman–Crippen MR) is 106 cm³/mol. The fourth-order valence-corrected chi connectivity index (χ4v) is 4.20. The number of ether oxygens (including phenoxy) is 1. The van der Waals surface area contributed by atoms with Gasteiger partial charge in [-0.3, -0.25) is 9.69 Å². The van der Waals surface area contributed by atoms with Crippen LogP contribution < -0.4 is 4.74 Å². The van der Waals surface area contributed by atoms with Gasteiger partial charge >= 0.3 is 0 Å². The molecule has 3 rings (SSSR count). The SMILES string of the molecule is CCOc1ccc(-c2nc(C)c(C(=O)N3CCN(C(C)C)CC3)s2)cc1. The number of hydrogen-bond acceptors (Lipinski definition) is 5. The van der Waals surface area contributed by atoms with Crippen molar-refractivity contribution in [3.05, 3.63) is 34.8 Å². The van der Waals surface area contributed by atoms with Crippen LogP contribution >= 0.6 is 11.3 Å². The smallest absolute Gasteiger partial charge is 0.265 e. The third kappa shape index (κ3) is 4.07. The van der Waals surface area contributed by atoms with E-state index in [9.17, 15) is 4.79 Å². The van der Waals surface area contributed by atoms with Gasteiger partial charge in [0.05, 0.1) is 12.3 Å². The summed E-state index contributed by atoms with van der Waals surface area (Å²) >= 11 is 1.48. The maximum atomic E-state index is 12.9. The lowest BCUT2D eigenvalue weighted by Crippen LogP contribution is -2.50. The van der Waals surface area contributed by atoms with E-state index in [1.165, 1.54) is 11.3 Å². The lowest BCUT2D eigenvalue weighted by molar-refractivity contribution is 0.0599. The van der Waals surface area contributed by atoms with Gasteiger partial charge in [0.1, 0.15) is 15.6 Å². The largest absolute Gasteiger partial charge is 0.494 e. The molecule has 0 N–H and O–H groups in total. The topological polar surface area (TPSA) is 45.7 Å². The van der Waals surface area contributed by atoms with Gasteiger partial charge in [-0.25, -0.2) is 4.98 Å². The fourth-order valence-electron chi connectivity index (χ4n) is 3.16. The summed E-state index contributed by atoms with van der Waals surface area (Å²) in [5.41, 5.74) is 1.83. The summed E-state index contributed by atoms with van der Waals surface area (Å²) in [5, 5.41) is 0.884. The number of piperazine rings is 1. The van der Waals surface area contributed by atoms with Gasteiger partial charge in [-0.2, -0.15) is 0 Å². The van der Waals surface area contributed by atoms with E-state index in [2.05, 4.69) is 23.7 Å². The standard InChI is InChI=1S/C20H27N3O2S/c1-5-25-17-8-6-16(7-9-17)19-21-15(4)18(26-19)20(24)23-12-10-22(11-13-23)14(2)3/h6-9,14H,5,10-13H2,1-4H3. The van der Waals surface area contributed by atoms with E-state index in [0.29, 0.717) is 12.6 Å². The van der Waals surface area contributed by atoms with E-state index < -0.39 is 0 Å². The second kappa shape index (κ2) is 8.18. The quantitative estimate of drug-likeness (QED) is 0.802. The van der Waals surface area contributed by atoms with Crippen LogP contribution in [0.25, 0.3) is 10.6 Å². The van der Waals surface area contributed by atoms with Crippen molar-refractivity contribution in [1.29, 1.82) is 0 Å². The molecule has 1 aliphatic rings. The molecule has 0 radical (unpaired) electrons. The van der Waals surface area contributed by atoms with E-state index in [1.54, 1.807) is 0 Å². The van der Waals surface area contributed by atoms with Crippen molar-refractivity contribution >= 4 is 17.2 Å². The molecule has 0 aliphatic carbocycles. The first-order valence-electron chi connectivity index (χ1n) is 9.23. The second-order valence-corrected chi connectivity index (χ2v) is 7.81. The van der Waals surface area contributed by atoms with Crippen LogP contribution in [0.5, 0.6) is 5.75 Å². The molecule has 1 saturated heterocycles. The number of thiazole rings is 1. The Morgan fingerprint density at radius 1 is 1.19 bits per heavy atom. The average Bonchev–Trinajstić information content (AvgIpc) is 3.04. The molecule has 0 saturated carbocycles. The molecule has 140 valence electrons. The molecule has 0 atom stereocenters. The van der Waals surface area contributed by atoms with Gasteiger partial charge in [0.15, 0.2) is 0 Å². The molecule has 26 heavy (non-hydrogen) atoms. The molecule has 2 heterocycles. The number of aryl methyl sites for hydroxylation is 1. The van der Waals surface area contributed by atoms with E-state index in [4.69, 9.17) is 4.74 Å². The Bertz CT molecular complexity index is 747. The second-order valence-electron chi connectivity index (χ2n) is 6.81. The molecule has 5 nitrogen and oxygen atoms in total. The normalized spacial score (nSPS) is 15.5. The van der Waals surface area contributed by atoms with Crippen molar-refractivity contribution in [2.45, 2.75) is 33.7 Å². The maximum Gasteiger partial charge on any atom is 0.265 e. The first-order valence-corrected chi connectivity index (χ1v) is 10.0. The lowest BCUT2D eigenvalue weighted by Gasteiger charge is -2.36. The van der Waals surface area contributed by atoms with Gasteiger partial charge in [0.25, 0.3) is 5.91 Å². The number of nitrogens with zero attached hydrogens (tertiary/aromatic N) is 3. The van der Waals surface area contributed by atoms with Crippen LogP contribution in [0.4, 0.5) is 0 Å². The summed E-state index contributed by atoms with van der Waals surface area (Å²) in [6.07, 6.45) is 0. The number of carbonyl (C=O) groups excluding carboxylic acids is 1. The third-order valence-electron chi connectivity index (χ3n) is 4.73. The first kappa shape index (κ1) is 18.9. The summed E-state index contributed by atoms with van der Waals surface area (Å²) in [6.45, 7) is 12.4. The Labute approximate surface area is 159 Å². The van der Waals surface area contributed by atoms with Gasteiger partial charge in [-0.15, -0.1) is 11.3 Å². The zero-order chi connectivity index (χ0) is 18.7. The number of carbonyl (C=O) groups is 1. The minimum absolute atomic E-state index is 0.112. The van der Waals surface area contributed by atoms with Crippen LogP contribution in [0.2, 0.25) is 0 Å². The van der Waals surface area contributed by atoms with Crippen molar-refractivity contribution in [3.8, 4) is 16.3 Å². The minimum Gasteiger partial charge on any atom is -0.494 e. The van der Waals surface area contributed by atoms with Crippen molar-refractivity contribution in [1.82, 2.24) is 14.8 Å². The van der Waals surface area contributed by atoms with Gasteiger partial charge in [-0.1, -0.05) is 0 Å². The molecule has 1 aromatic carbocycles. The fraction of sp³-hybridized carbons (Fsp3) is 0.500. The van der Waals surface area contributed by atoms with Gasteiger partial charge in [0, 0.05) is 37.8 Å². The number of rotatable bonds is 5. The van der Waals surface area contributed by atoms with Crippen molar-refractivity contribution < 1.29 is 9.53 Å². The maximum absolute atomic E-state index is 12.9. The average molecular weight is 374 g/mol. The number of benzene rings is 1. The molecule has 2 aromatic rings. The zero-order valence-electron chi connectivity index (χ0n) is 16.0. The van der Waals surface area contributed by atoms with E-state index in [1.807, 2.05) is 43.0 Å². The third-order valence-corrected chi connectivity index (χ3v) is 5.93. The lowest BCUT2D eigenvalue weighted by atomic mass is 10.2. The van der Waals surface area contributed by atoms with Crippen LogP contribution in [-0.2, 0) is 0 Å². The van der Waals surface area contributed by atoms with Crippen LogP contribution in [0.1, 0.15) is 36.1 Å². The molecule has 1 aliphatic heterocycles. The van der Waals surface area contributed by atoms with Crippen LogP contribution in [0.15, 0.2) is 24.3 Å². The molecule has 0 spiro atoms. The monoisotopic (exact) mass is 373 g/mol. The van der Waals surface area contributed by atoms with E-state index >= 15 is 0 Å². The minimum atomic E-state index is 0.112. The highest BCUT2D eigenvalue weighted by Gasteiger charge is 2.26. The summed E-state index contributed by atoms with van der Waals surface area (Å²) in [7, 11) is 0. The highest BCUT2D eigenvalue weighted by molar-refractivity contribution is 7.17. The summed E-state index contributed by atoms with van der Waals surface area (Å²) in [5.74, 6) is 0.962. The summed E-state index contributed by atoms with van der Waals surface area (Å²) < 4.78 is 5.49. The van der Waals surface area contributed by atoms with Gasteiger partial charge in [0.2, 0.25) is 0 Å². The van der Waals surface area contributed by atoms with Crippen molar-refractivity contribution in [2.75, 3.05) is 32.8 Å². The molecule has 0 unspecified atom stereocenters. The van der Waals surface area contributed by atoms with Crippen molar-refractivity contribution in [2.24, 2.45) is 0 Å².